The molecular weight excluding hydrogens is 388 g/mol. The molecular formula is C22H23F2N5O. The molecule has 2 N–H and O–H groups in total. The molecule has 0 bridgehead atoms. The van der Waals surface area contributed by atoms with Gasteiger partial charge in [0.05, 0.1) is 11.4 Å². The third kappa shape index (κ3) is 6.30. The number of hydrogen-bond donors (Lipinski definition) is 2. The molecule has 0 unspecified atom stereocenters. The molecule has 2 heterocycles. The van der Waals surface area contributed by atoms with Gasteiger partial charge in [-0.2, -0.15) is 0 Å². The predicted octanol–water partition coefficient (Wildman–Crippen LogP) is 3.70. The maximum Gasteiger partial charge on any atom is 0.217 e. The van der Waals surface area contributed by atoms with Gasteiger partial charge in [-0.15, -0.1) is 10.2 Å². The number of aromatic nitrogens is 3. The predicted molar refractivity (Wildman–Crippen MR) is 111 cm³/mol. The van der Waals surface area contributed by atoms with Crippen LogP contribution in [-0.2, 0) is 17.8 Å². The van der Waals surface area contributed by atoms with Crippen LogP contribution in [0.5, 0.6) is 0 Å². The maximum atomic E-state index is 14.1. The molecule has 0 fully saturated rings. The Kier molecular flexibility index (Phi) is 7.37. The molecule has 0 aliphatic rings. The van der Waals surface area contributed by atoms with Gasteiger partial charge in [-0.1, -0.05) is 18.2 Å². The van der Waals surface area contributed by atoms with Crippen molar-refractivity contribution in [2.24, 2.45) is 0 Å². The number of benzene rings is 1. The van der Waals surface area contributed by atoms with Gasteiger partial charge in [0.1, 0.15) is 17.8 Å². The van der Waals surface area contributed by atoms with Gasteiger partial charge in [-0.25, -0.2) is 8.78 Å². The number of amides is 1. The van der Waals surface area contributed by atoms with E-state index >= 15 is 0 Å². The zero-order valence-corrected chi connectivity index (χ0v) is 16.6. The van der Waals surface area contributed by atoms with Crippen molar-refractivity contribution in [1.29, 1.82) is 0 Å². The Labute approximate surface area is 173 Å². The summed E-state index contributed by atoms with van der Waals surface area (Å²) in [4.78, 5) is 14.9. The average molecular weight is 411 g/mol. The number of nitrogens with zero attached hydrogens (tertiary/aromatic N) is 3. The number of rotatable bonds is 9. The van der Waals surface area contributed by atoms with E-state index in [1.165, 1.54) is 25.3 Å². The second-order valence-corrected chi connectivity index (χ2v) is 6.86. The van der Waals surface area contributed by atoms with Crippen LogP contribution >= 0.6 is 0 Å². The molecule has 3 aromatic rings. The number of carbonyl (C=O) groups is 1. The van der Waals surface area contributed by atoms with Crippen LogP contribution in [0.25, 0.3) is 11.3 Å². The quantitative estimate of drug-likeness (QED) is 0.561. The molecule has 1 atom stereocenters. The second-order valence-electron chi connectivity index (χ2n) is 6.86. The fourth-order valence-corrected chi connectivity index (χ4v) is 2.88. The first kappa shape index (κ1) is 21.3. The first-order valence-electron chi connectivity index (χ1n) is 9.66. The van der Waals surface area contributed by atoms with Crippen molar-refractivity contribution in [1.82, 2.24) is 20.5 Å². The highest BCUT2D eigenvalue weighted by Crippen LogP contribution is 2.19. The lowest BCUT2D eigenvalue weighted by molar-refractivity contribution is -0.119. The number of anilines is 1. The van der Waals surface area contributed by atoms with Crippen molar-refractivity contribution >= 4 is 11.7 Å². The van der Waals surface area contributed by atoms with Gasteiger partial charge in [0.2, 0.25) is 5.91 Å². The summed E-state index contributed by atoms with van der Waals surface area (Å²) < 4.78 is 27.6. The van der Waals surface area contributed by atoms with Crippen molar-refractivity contribution in [2.75, 3.05) is 11.9 Å². The molecule has 0 spiro atoms. The minimum Gasteiger partial charge on any atom is -0.368 e. The van der Waals surface area contributed by atoms with Gasteiger partial charge in [-0.05, 0) is 42.3 Å². The Hall–Kier alpha value is -3.42. The van der Waals surface area contributed by atoms with Crippen molar-refractivity contribution < 1.29 is 13.6 Å². The van der Waals surface area contributed by atoms with Crippen molar-refractivity contribution in [2.45, 2.75) is 32.5 Å². The summed E-state index contributed by atoms with van der Waals surface area (Å²) in [5, 5.41) is 14.1. The fraction of sp³-hybridized carbons (Fsp3) is 0.273. The molecule has 0 aliphatic heterocycles. The lowest BCUT2D eigenvalue weighted by atomic mass is 10.1. The second kappa shape index (κ2) is 10.4. The van der Waals surface area contributed by atoms with Crippen molar-refractivity contribution in [3.8, 4) is 11.3 Å². The number of halogens is 2. The van der Waals surface area contributed by atoms with Crippen LogP contribution in [0.15, 0.2) is 54.7 Å². The highest BCUT2D eigenvalue weighted by atomic mass is 19.1. The Balaban J connectivity index is 1.50. The smallest absolute Gasteiger partial charge is 0.217 e. The van der Waals surface area contributed by atoms with Gasteiger partial charge in [0.15, 0.2) is 0 Å². The third-order valence-corrected chi connectivity index (χ3v) is 4.44. The standard InChI is InChI=1S/C22H23F2N5O/c1-15(30)27-14-16-4-2-5-17(12-16)20-7-8-22(29-28-20)26-11-9-18(23)13-21-19(24)6-3-10-25-21/h2-8,10,12,18H,9,11,13-14H2,1H3,(H,26,29)(H,27,30)/t18-/m0/s1. The summed E-state index contributed by atoms with van der Waals surface area (Å²) in [6.45, 7) is 2.27. The van der Waals surface area contributed by atoms with Crippen LogP contribution in [0.4, 0.5) is 14.6 Å². The van der Waals surface area contributed by atoms with Crippen LogP contribution in [0.2, 0.25) is 0 Å². The fourth-order valence-electron chi connectivity index (χ4n) is 2.88. The lowest BCUT2D eigenvalue weighted by Gasteiger charge is -2.10. The van der Waals surface area contributed by atoms with E-state index < -0.39 is 12.0 Å². The van der Waals surface area contributed by atoms with Gasteiger partial charge < -0.3 is 10.6 Å². The Morgan fingerprint density at radius 3 is 2.73 bits per heavy atom. The third-order valence-electron chi connectivity index (χ3n) is 4.44. The SMILES string of the molecule is CC(=O)NCc1cccc(-c2ccc(NCC[C@H](F)Cc3ncccc3F)nn2)c1. The summed E-state index contributed by atoms with van der Waals surface area (Å²) in [6, 6.07) is 14.0. The van der Waals surface area contributed by atoms with E-state index in [0.29, 0.717) is 24.6 Å². The summed E-state index contributed by atoms with van der Waals surface area (Å²) in [6.07, 6.45) is 0.384. The normalized spacial score (nSPS) is 11.7. The van der Waals surface area contributed by atoms with E-state index in [0.717, 1.165) is 11.1 Å². The highest BCUT2D eigenvalue weighted by molar-refractivity contribution is 5.72. The van der Waals surface area contributed by atoms with E-state index in [2.05, 4.69) is 25.8 Å². The van der Waals surface area contributed by atoms with Gasteiger partial charge in [-0.3, -0.25) is 9.78 Å². The molecule has 0 radical (unpaired) electrons. The van der Waals surface area contributed by atoms with E-state index in [4.69, 9.17) is 0 Å². The highest BCUT2D eigenvalue weighted by Gasteiger charge is 2.12. The first-order valence-corrected chi connectivity index (χ1v) is 9.66. The van der Waals surface area contributed by atoms with Crippen molar-refractivity contribution in [3.05, 3.63) is 71.8 Å². The zero-order chi connectivity index (χ0) is 21.3. The number of pyridine rings is 1. The van der Waals surface area contributed by atoms with Gasteiger partial charge >= 0.3 is 0 Å². The van der Waals surface area contributed by atoms with Crippen LogP contribution in [0.1, 0.15) is 24.6 Å². The first-order chi connectivity index (χ1) is 14.5. The molecule has 2 aromatic heterocycles. The number of nitrogens with one attached hydrogen (secondary N) is 2. The van der Waals surface area contributed by atoms with E-state index in [-0.39, 0.29) is 24.4 Å². The molecule has 0 saturated carbocycles. The number of carbonyl (C=O) groups excluding carboxylic acids is 1. The molecule has 8 heteroatoms. The van der Waals surface area contributed by atoms with E-state index in [1.54, 1.807) is 6.07 Å². The summed E-state index contributed by atoms with van der Waals surface area (Å²) >= 11 is 0. The summed E-state index contributed by atoms with van der Waals surface area (Å²) in [5.41, 5.74) is 2.68. The van der Waals surface area contributed by atoms with Gasteiger partial charge in [0.25, 0.3) is 0 Å². The molecule has 0 aliphatic carbocycles. The van der Waals surface area contributed by atoms with Crippen LogP contribution < -0.4 is 10.6 Å². The lowest BCUT2D eigenvalue weighted by Crippen LogP contribution is -2.18. The van der Waals surface area contributed by atoms with E-state index in [9.17, 15) is 13.6 Å². The zero-order valence-electron chi connectivity index (χ0n) is 16.6. The van der Waals surface area contributed by atoms with E-state index in [1.807, 2.05) is 30.3 Å². The Bertz CT molecular complexity index is 981. The molecule has 0 saturated heterocycles. The Morgan fingerprint density at radius 2 is 2.00 bits per heavy atom. The Morgan fingerprint density at radius 1 is 1.13 bits per heavy atom. The van der Waals surface area contributed by atoms with Crippen LogP contribution in [0, 0.1) is 5.82 Å². The average Bonchev–Trinajstić information content (AvgIpc) is 2.75. The molecule has 30 heavy (non-hydrogen) atoms. The van der Waals surface area contributed by atoms with Gasteiger partial charge in [0, 0.05) is 38.2 Å². The largest absolute Gasteiger partial charge is 0.368 e. The van der Waals surface area contributed by atoms with Crippen LogP contribution in [0.3, 0.4) is 0 Å². The number of hydrogen-bond acceptors (Lipinski definition) is 5. The maximum absolute atomic E-state index is 14.1. The molecule has 1 amide bonds. The van der Waals surface area contributed by atoms with Crippen LogP contribution in [-0.4, -0.2) is 33.8 Å². The molecule has 156 valence electrons. The minimum atomic E-state index is -1.21. The minimum absolute atomic E-state index is 0.0617. The van der Waals surface area contributed by atoms with Crippen molar-refractivity contribution in [3.63, 3.8) is 0 Å². The topological polar surface area (TPSA) is 79.8 Å². The molecule has 3 rings (SSSR count). The molecule has 6 nitrogen and oxygen atoms in total. The molecule has 1 aromatic carbocycles. The monoisotopic (exact) mass is 411 g/mol. The number of alkyl halides is 1. The summed E-state index contributed by atoms with van der Waals surface area (Å²) in [5.74, 6) is -0.0450. The summed E-state index contributed by atoms with van der Waals surface area (Å²) in [7, 11) is 0.